The Morgan fingerprint density at radius 2 is 1.95 bits per heavy atom. The molecule has 0 spiro atoms. The Morgan fingerprint density at radius 1 is 1.26 bits per heavy atom. The Hall–Kier alpha value is -0.790. The second-order valence-corrected chi connectivity index (χ2v) is 6.71. The first-order chi connectivity index (χ1) is 9.02. The van der Waals surface area contributed by atoms with Gasteiger partial charge in [0.05, 0.1) is 11.7 Å². The van der Waals surface area contributed by atoms with E-state index in [9.17, 15) is 0 Å². The molecule has 1 saturated heterocycles. The lowest BCUT2D eigenvalue weighted by molar-refractivity contribution is -0.0707. The zero-order chi connectivity index (χ0) is 13.6. The quantitative estimate of drug-likeness (QED) is 0.678. The molecule has 0 aromatic heterocycles. The lowest BCUT2D eigenvalue weighted by Crippen LogP contribution is -2.35. The summed E-state index contributed by atoms with van der Waals surface area (Å²) >= 11 is 5.98. The van der Waals surface area contributed by atoms with Crippen molar-refractivity contribution in [3.63, 3.8) is 0 Å². The van der Waals surface area contributed by atoms with Crippen molar-refractivity contribution in [1.82, 2.24) is 0 Å². The second kappa shape index (κ2) is 4.64. The van der Waals surface area contributed by atoms with Crippen LogP contribution in [-0.2, 0) is 4.74 Å². The maximum atomic E-state index is 6.54. The van der Waals surface area contributed by atoms with Gasteiger partial charge in [0.15, 0.2) is 0 Å². The fourth-order valence-corrected chi connectivity index (χ4v) is 3.57. The van der Waals surface area contributed by atoms with E-state index in [4.69, 9.17) is 16.3 Å². The molecular weight excluding hydrogens is 256 g/mol. The maximum absolute atomic E-state index is 6.54. The molecule has 0 N–H and O–H groups in total. The molecule has 3 atom stereocenters. The summed E-state index contributed by atoms with van der Waals surface area (Å²) < 4.78 is 6.54. The van der Waals surface area contributed by atoms with E-state index in [1.54, 1.807) is 0 Å². The largest absolute Gasteiger partial charge is 0.366 e. The van der Waals surface area contributed by atoms with Crippen molar-refractivity contribution in [2.45, 2.75) is 45.3 Å². The molecule has 1 aliphatic carbocycles. The average molecular weight is 277 g/mol. The van der Waals surface area contributed by atoms with Crippen LogP contribution in [-0.4, -0.2) is 5.60 Å². The van der Waals surface area contributed by atoms with Gasteiger partial charge in [-0.25, -0.2) is 0 Å². The van der Waals surface area contributed by atoms with E-state index in [2.05, 4.69) is 39.0 Å². The fourth-order valence-electron chi connectivity index (χ4n) is 3.44. The fraction of sp³-hybridized carbons (Fsp3) is 0.529. The molecule has 1 fully saturated rings. The van der Waals surface area contributed by atoms with E-state index >= 15 is 0 Å². The van der Waals surface area contributed by atoms with Crippen LogP contribution in [0.4, 0.5) is 0 Å². The Kier molecular flexibility index (Phi) is 3.23. The van der Waals surface area contributed by atoms with E-state index in [1.165, 1.54) is 11.1 Å². The van der Waals surface area contributed by atoms with E-state index in [1.807, 2.05) is 12.1 Å². The average Bonchev–Trinajstić information content (AvgIpc) is 2.72. The Balaban J connectivity index is 1.96. The summed E-state index contributed by atoms with van der Waals surface area (Å²) in [5, 5.41) is 0.788. The van der Waals surface area contributed by atoms with Crippen molar-refractivity contribution in [1.29, 1.82) is 0 Å². The molecule has 102 valence electrons. The van der Waals surface area contributed by atoms with Crippen LogP contribution in [0.5, 0.6) is 0 Å². The van der Waals surface area contributed by atoms with Crippen molar-refractivity contribution in [3.8, 4) is 0 Å². The summed E-state index contributed by atoms with van der Waals surface area (Å²) in [5.41, 5.74) is 2.77. The third kappa shape index (κ3) is 2.13. The highest BCUT2D eigenvalue weighted by Gasteiger charge is 2.50. The molecule has 1 aliphatic heterocycles. The molecule has 3 rings (SSSR count). The van der Waals surface area contributed by atoms with Gasteiger partial charge < -0.3 is 4.74 Å². The molecule has 19 heavy (non-hydrogen) atoms. The molecule has 1 nitrogen and oxygen atoms in total. The van der Waals surface area contributed by atoms with Crippen molar-refractivity contribution < 1.29 is 4.74 Å². The molecule has 2 aliphatic rings. The summed E-state index contributed by atoms with van der Waals surface area (Å²) in [6.45, 7) is 6.79. The van der Waals surface area contributed by atoms with Gasteiger partial charge in [-0.1, -0.05) is 49.2 Å². The first-order valence-corrected chi connectivity index (χ1v) is 7.49. The van der Waals surface area contributed by atoms with E-state index < -0.39 is 0 Å². The van der Waals surface area contributed by atoms with Crippen LogP contribution >= 0.6 is 11.6 Å². The number of halogens is 1. The predicted octanol–water partition coefficient (Wildman–Crippen LogP) is 5.16. The SMILES string of the molecule is CC1=CC[C@]2(C(C)C)C[C@H]1[C@H](c1ccc(Cl)cc1)O2. The summed E-state index contributed by atoms with van der Waals surface area (Å²) in [5.74, 6) is 1.08. The molecule has 0 unspecified atom stereocenters. The molecule has 1 aromatic rings. The predicted molar refractivity (Wildman–Crippen MR) is 79.3 cm³/mol. The first-order valence-electron chi connectivity index (χ1n) is 7.12. The Labute approximate surface area is 120 Å². The van der Waals surface area contributed by atoms with Gasteiger partial charge >= 0.3 is 0 Å². The Morgan fingerprint density at radius 3 is 2.58 bits per heavy atom. The van der Waals surface area contributed by atoms with E-state index in [0.29, 0.717) is 11.8 Å². The molecule has 2 heteroatoms. The van der Waals surface area contributed by atoms with Crippen LogP contribution in [0.3, 0.4) is 0 Å². The smallest absolute Gasteiger partial charge is 0.0898 e. The minimum atomic E-state index is 0.0362. The van der Waals surface area contributed by atoms with Crippen LogP contribution in [0.25, 0.3) is 0 Å². The third-order valence-corrected chi connectivity index (χ3v) is 5.15. The van der Waals surface area contributed by atoms with E-state index in [0.717, 1.165) is 17.9 Å². The van der Waals surface area contributed by atoms with Gasteiger partial charge in [0.2, 0.25) is 0 Å². The zero-order valence-corrected chi connectivity index (χ0v) is 12.6. The molecule has 0 saturated carbocycles. The van der Waals surface area contributed by atoms with Crippen molar-refractivity contribution in [2.75, 3.05) is 0 Å². The van der Waals surface area contributed by atoms with Crippen LogP contribution < -0.4 is 0 Å². The standard InChI is InChI=1S/C17H21ClO/c1-11(2)17-9-8-12(3)15(10-17)16(19-17)13-4-6-14(18)7-5-13/h4-8,11,15-16H,9-10H2,1-3H3/t15-,16+,17-/m1/s1. The zero-order valence-electron chi connectivity index (χ0n) is 11.8. The highest BCUT2D eigenvalue weighted by Crippen LogP contribution is 2.54. The molecule has 1 heterocycles. The molecule has 0 amide bonds. The van der Waals surface area contributed by atoms with Crippen LogP contribution in [0.1, 0.15) is 45.3 Å². The van der Waals surface area contributed by atoms with Crippen molar-refractivity contribution in [3.05, 3.63) is 46.5 Å². The third-order valence-electron chi connectivity index (χ3n) is 4.90. The van der Waals surface area contributed by atoms with Gasteiger partial charge in [-0.3, -0.25) is 0 Å². The molecule has 2 bridgehead atoms. The Bertz CT molecular complexity index is 502. The summed E-state index contributed by atoms with van der Waals surface area (Å²) in [6.07, 6.45) is 4.78. The number of hydrogen-bond acceptors (Lipinski definition) is 1. The number of fused-ring (bicyclic) bond motifs is 2. The maximum Gasteiger partial charge on any atom is 0.0898 e. The highest BCUT2D eigenvalue weighted by molar-refractivity contribution is 6.30. The van der Waals surface area contributed by atoms with Gasteiger partial charge in [0.1, 0.15) is 0 Å². The first kappa shape index (κ1) is 13.2. The number of benzene rings is 1. The highest BCUT2D eigenvalue weighted by atomic mass is 35.5. The normalized spacial score (nSPS) is 33.6. The summed E-state index contributed by atoms with van der Waals surface area (Å²) in [7, 11) is 0. The summed E-state index contributed by atoms with van der Waals surface area (Å²) in [4.78, 5) is 0. The van der Waals surface area contributed by atoms with Crippen molar-refractivity contribution in [2.24, 2.45) is 11.8 Å². The minimum absolute atomic E-state index is 0.0362. The van der Waals surface area contributed by atoms with Gasteiger partial charge in [-0.05, 0) is 43.4 Å². The molecule has 1 aromatic carbocycles. The molecular formula is C17H21ClO. The van der Waals surface area contributed by atoms with Crippen LogP contribution in [0.2, 0.25) is 5.02 Å². The van der Waals surface area contributed by atoms with Gasteiger partial charge in [0, 0.05) is 10.9 Å². The molecule has 0 radical (unpaired) electrons. The summed E-state index contributed by atoms with van der Waals surface area (Å²) in [6, 6.07) is 8.14. The van der Waals surface area contributed by atoms with Crippen LogP contribution in [0, 0.1) is 11.8 Å². The minimum Gasteiger partial charge on any atom is -0.366 e. The lowest BCUT2D eigenvalue weighted by Gasteiger charge is -2.34. The lowest BCUT2D eigenvalue weighted by atomic mass is 9.74. The van der Waals surface area contributed by atoms with Gasteiger partial charge in [0.25, 0.3) is 0 Å². The van der Waals surface area contributed by atoms with Crippen molar-refractivity contribution >= 4 is 11.6 Å². The number of ether oxygens (including phenoxy) is 1. The number of hydrogen-bond donors (Lipinski definition) is 0. The van der Waals surface area contributed by atoms with Crippen LogP contribution in [0.15, 0.2) is 35.9 Å². The monoisotopic (exact) mass is 276 g/mol. The van der Waals surface area contributed by atoms with Gasteiger partial charge in [-0.2, -0.15) is 0 Å². The number of rotatable bonds is 2. The second-order valence-electron chi connectivity index (χ2n) is 6.27. The topological polar surface area (TPSA) is 9.23 Å². The van der Waals surface area contributed by atoms with Gasteiger partial charge in [-0.15, -0.1) is 0 Å². The van der Waals surface area contributed by atoms with E-state index in [-0.39, 0.29) is 11.7 Å².